The van der Waals surface area contributed by atoms with Crippen LogP contribution in [-0.4, -0.2) is 26.7 Å². The molecule has 0 saturated carbocycles. The molecule has 0 fully saturated rings. The minimum atomic E-state index is -0.585. The maximum Gasteiger partial charge on any atom is 0.352 e. The van der Waals surface area contributed by atoms with E-state index in [1.54, 1.807) is 25.1 Å². The summed E-state index contributed by atoms with van der Waals surface area (Å²) in [5, 5.41) is 4.04. The molecule has 0 radical (unpaired) electrons. The van der Waals surface area contributed by atoms with Crippen LogP contribution in [0.2, 0.25) is 0 Å². The Hall–Kier alpha value is -3.26. The molecule has 26 heavy (non-hydrogen) atoms. The number of aromatic nitrogens is 4. The molecule has 0 spiro atoms. The van der Waals surface area contributed by atoms with E-state index in [2.05, 4.69) is 15.1 Å². The number of hydrogen-bond acceptors (Lipinski definition) is 5. The number of aromatic amines is 2. The highest BCUT2D eigenvalue weighted by molar-refractivity contribution is 7.99. The van der Waals surface area contributed by atoms with Gasteiger partial charge in [0, 0.05) is 10.5 Å². The Bertz CT molecular complexity index is 1190. The molecule has 0 aliphatic rings. The zero-order valence-electron chi connectivity index (χ0n) is 13.7. The van der Waals surface area contributed by atoms with Gasteiger partial charge < -0.3 is 4.74 Å². The van der Waals surface area contributed by atoms with E-state index in [0.29, 0.717) is 17.0 Å². The lowest BCUT2D eigenvalue weighted by Crippen LogP contribution is -2.28. The number of hydrogen-bond donors (Lipinski definition) is 2. The van der Waals surface area contributed by atoms with Gasteiger partial charge in [0.1, 0.15) is 5.75 Å². The van der Waals surface area contributed by atoms with Gasteiger partial charge in [-0.15, -0.1) is 0 Å². The highest BCUT2D eigenvalue weighted by Crippen LogP contribution is 2.37. The minimum Gasteiger partial charge on any atom is -0.496 e. The molecule has 0 aliphatic carbocycles. The van der Waals surface area contributed by atoms with Gasteiger partial charge in [-0.3, -0.25) is 9.97 Å². The van der Waals surface area contributed by atoms with Gasteiger partial charge in [-0.2, -0.15) is 9.61 Å². The Morgan fingerprint density at radius 2 is 1.88 bits per heavy atom. The molecule has 4 rings (SSSR count). The first-order chi connectivity index (χ1) is 12.7. The Kier molecular flexibility index (Phi) is 4.10. The first-order valence-corrected chi connectivity index (χ1v) is 8.59. The van der Waals surface area contributed by atoms with E-state index < -0.39 is 11.4 Å². The largest absolute Gasteiger partial charge is 0.496 e. The SMILES string of the molecule is COc1cc(-c2cnn3c(=O)[nH]c(=O)[nH]c23)ccc1Sc1ccccc1. The maximum absolute atomic E-state index is 11.8. The lowest BCUT2D eigenvalue weighted by atomic mass is 10.1. The zero-order chi connectivity index (χ0) is 18.1. The van der Waals surface area contributed by atoms with Crippen LogP contribution >= 0.6 is 11.8 Å². The Balaban J connectivity index is 1.79. The summed E-state index contributed by atoms with van der Waals surface area (Å²) in [5.74, 6) is 0.697. The van der Waals surface area contributed by atoms with E-state index in [1.807, 2.05) is 48.5 Å². The van der Waals surface area contributed by atoms with Gasteiger partial charge in [-0.1, -0.05) is 36.0 Å². The standard InChI is InChI=1S/C18H14N4O3S/c1-25-14-9-11(7-8-15(14)26-12-5-3-2-4-6-12)13-10-19-22-16(13)20-17(23)21-18(22)24/h2-10H,1H3,(H2,20,21,23,24). The van der Waals surface area contributed by atoms with E-state index in [-0.39, 0.29) is 0 Å². The molecule has 0 amide bonds. The van der Waals surface area contributed by atoms with Gasteiger partial charge in [0.05, 0.1) is 18.2 Å². The summed E-state index contributed by atoms with van der Waals surface area (Å²) in [4.78, 5) is 30.2. The van der Waals surface area contributed by atoms with Crippen LogP contribution in [0.15, 0.2) is 74.1 Å². The highest BCUT2D eigenvalue weighted by Gasteiger charge is 2.13. The lowest BCUT2D eigenvalue weighted by Gasteiger charge is -2.10. The molecule has 0 unspecified atom stereocenters. The molecular weight excluding hydrogens is 352 g/mol. The second-order valence-corrected chi connectivity index (χ2v) is 6.60. The van der Waals surface area contributed by atoms with E-state index in [0.717, 1.165) is 19.9 Å². The first-order valence-electron chi connectivity index (χ1n) is 7.77. The number of fused-ring (bicyclic) bond motifs is 1. The fourth-order valence-corrected chi connectivity index (χ4v) is 3.58. The average molecular weight is 366 g/mol. The Morgan fingerprint density at radius 1 is 1.08 bits per heavy atom. The van der Waals surface area contributed by atoms with Crippen molar-refractivity contribution in [3.05, 3.63) is 75.7 Å². The molecule has 2 aromatic heterocycles. The van der Waals surface area contributed by atoms with Crippen molar-refractivity contribution < 1.29 is 4.74 Å². The van der Waals surface area contributed by atoms with Gasteiger partial charge in [-0.05, 0) is 29.8 Å². The summed E-state index contributed by atoms with van der Waals surface area (Å²) in [6, 6.07) is 15.7. The van der Waals surface area contributed by atoms with E-state index in [9.17, 15) is 9.59 Å². The fourth-order valence-electron chi connectivity index (χ4n) is 2.66. The van der Waals surface area contributed by atoms with Crippen molar-refractivity contribution in [1.29, 1.82) is 0 Å². The van der Waals surface area contributed by atoms with Crippen LogP contribution < -0.4 is 16.1 Å². The van der Waals surface area contributed by atoms with Crippen LogP contribution in [-0.2, 0) is 0 Å². The first kappa shape index (κ1) is 16.2. The average Bonchev–Trinajstić information content (AvgIpc) is 3.07. The lowest BCUT2D eigenvalue weighted by molar-refractivity contribution is 0.405. The molecule has 0 aliphatic heterocycles. The molecule has 2 N–H and O–H groups in total. The second-order valence-electron chi connectivity index (χ2n) is 5.48. The smallest absolute Gasteiger partial charge is 0.352 e. The molecule has 2 heterocycles. The topological polar surface area (TPSA) is 92.2 Å². The molecule has 2 aromatic carbocycles. The maximum atomic E-state index is 11.8. The predicted octanol–water partition coefficient (Wildman–Crippen LogP) is 2.54. The molecule has 4 aromatic rings. The number of H-pyrrole nitrogens is 2. The molecule has 0 bridgehead atoms. The summed E-state index contributed by atoms with van der Waals surface area (Å²) in [6.45, 7) is 0. The number of rotatable bonds is 4. The predicted molar refractivity (Wildman–Crippen MR) is 99.0 cm³/mol. The number of methoxy groups -OCH3 is 1. The van der Waals surface area contributed by atoms with Crippen molar-refractivity contribution in [2.24, 2.45) is 0 Å². The fraction of sp³-hybridized carbons (Fsp3) is 0.0556. The van der Waals surface area contributed by atoms with E-state index >= 15 is 0 Å². The van der Waals surface area contributed by atoms with Crippen LogP contribution in [0, 0.1) is 0 Å². The summed E-state index contributed by atoms with van der Waals surface area (Å²) in [6.07, 6.45) is 1.54. The normalized spacial score (nSPS) is 11.0. The van der Waals surface area contributed by atoms with Gasteiger partial charge in [0.15, 0.2) is 5.65 Å². The van der Waals surface area contributed by atoms with Crippen molar-refractivity contribution in [1.82, 2.24) is 19.6 Å². The van der Waals surface area contributed by atoms with Crippen LogP contribution in [0.4, 0.5) is 0 Å². The third kappa shape index (κ3) is 2.91. The number of benzene rings is 2. The molecule has 7 nitrogen and oxygen atoms in total. The van der Waals surface area contributed by atoms with Crippen LogP contribution in [0.25, 0.3) is 16.8 Å². The van der Waals surface area contributed by atoms with Crippen molar-refractivity contribution in [3.63, 3.8) is 0 Å². The van der Waals surface area contributed by atoms with Gasteiger partial charge in [0.25, 0.3) is 0 Å². The summed E-state index contributed by atoms with van der Waals surface area (Å²) >= 11 is 1.59. The quantitative estimate of drug-likeness (QED) is 0.579. The Labute approximate surface area is 151 Å². The van der Waals surface area contributed by atoms with Gasteiger partial charge >= 0.3 is 11.4 Å². The highest BCUT2D eigenvalue weighted by atomic mass is 32.2. The van der Waals surface area contributed by atoms with Crippen LogP contribution in [0.1, 0.15) is 0 Å². The van der Waals surface area contributed by atoms with Crippen LogP contribution in [0.3, 0.4) is 0 Å². The third-order valence-corrected chi connectivity index (χ3v) is 4.92. The number of nitrogens with zero attached hydrogens (tertiary/aromatic N) is 2. The minimum absolute atomic E-state index is 0.337. The summed E-state index contributed by atoms with van der Waals surface area (Å²) < 4.78 is 6.65. The van der Waals surface area contributed by atoms with Crippen molar-refractivity contribution in [3.8, 4) is 16.9 Å². The monoisotopic (exact) mass is 366 g/mol. The van der Waals surface area contributed by atoms with Crippen LogP contribution in [0.5, 0.6) is 5.75 Å². The number of ether oxygens (including phenoxy) is 1. The summed E-state index contributed by atoms with van der Waals surface area (Å²) in [7, 11) is 1.61. The van der Waals surface area contributed by atoms with Gasteiger partial charge in [0.2, 0.25) is 0 Å². The van der Waals surface area contributed by atoms with Crippen molar-refractivity contribution in [2.45, 2.75) is 9.79 Å². The van der Waals surface area contributed by atoms with E-state index in [4.69, 9.17) is 4.74 Å². The zero-order valence-corrected chi connectivity index (χ0v) is 14.5. The molecule has 0 saturated heterocycles. The molecular formula is C18H14N4O3S. The third-order valence-electron chi connectivity index (χ3n) is 3.86. The molecule has 130 valence electrons. The second kappa shape index (κ2) is 6.57. The van der Waals surface area contributed by atoms with Gasteiger partial charge in [-0.25, -0.2) is 9.59 Å². The number of nitrogens with one attached hydrogen (secondary N) is 2. The summed E-state index contributed by atoms with van der Waals surface area (Å²) in [5.41, 5.74) is 0.605. The van der Waals surface area contributed by atoms with E-state index in [1.165, 1.54) is 0 Å². The Morgan fingerprint density at radius 3 is 2.65 bits per heavy atom. The molecule has 0 atom stereocenters. The molecule has 8 heteroatoms. The van der Waals surface area contributed by atoms with Crippen molar-refractivity contribution >= 4 is 17.4 Å². The van der Waals surface area contributed by atoms with Crippen molar-refractivity contribution in [2.75, 3.05) is 7.11 Å².